The molecule has 2 atom stereocenters. The molecule has 1 saturated heterocycles. The molecule has 3 rings (SSSR count). The molecule has 0 aromatic carbocycles. The highest BCUT2D eigenvalue weighted by Crippen LogP contribution is 2.31. The van der Waals surface area contributed by atoms with Crippen LogP contribution in [0.15, 0.2) is 6.33 Å². The minimum Gasteiger partial charge on any atom is -0.463 e. The summed E-state index contributed by atoms with van der Waals surface area (Å²) in [6.07, 6.45) is 2.99. The first kappa shape index (κ1) is 14.2. The van der Waals surface area contributed by atoms with Crippen LogP contribution in [0.3, 0.4) is 0 Å². The largest absolute Gasteiger partial charge is 0.463 e. The lowest BCUT2D eigenvalue weighted by molar-refractivity contribution is -0.145. The van der Waals surface area contributed by atoms with E-state index >= 15 is 0 Å². The first-order valence-electron chi connectivity index (χ1n) is 6.70. The predicted molar refractivity (Wildman–Crippen MR) is 74.8 cm³/mol. The van der Waals surface area contributed by atoms with Gasteiger partial charge in [-0.05, 0) is 19.8 Å². The van der Waals surface area contributed by atoms with Crippen molar-refractivity contribution >= 4 is 28.7 Å². The number of nitrogens with zero attached hydrogens (tertiary/aromatic N) is 4. The number of ether oxygens (including phenoxy) is 2. The zero-order valence-electron chi connectivity index (χ0n) is 11.7. The fourth-order valence-electron chi connectivity index (χ4n) is 2.42. The van der Waals surface area contributed by atoms with E-state index in [1.807, 2.05) is 4.57 Å². The second-order valence-corrected chi connectivity index (χ2v) is 5.34. The van der Waals surface area contributed by atoms with E-state index in [2.05, 4.69) is 15.0 Å². The van der Waals surface area contributed by atoms with Crippen molar-refractivity contribution in [1.29, 1.82) is 0 Å². The fraction of sp³-hybridized carbons (Fsp3) is 0.538. The Morgan fingerprint density at radius 1 is 1.52 bits per heavy atom. The molecule has 0 N–H and O–H groups in total. The van der Waals surface area contributed by atoms with Gasteiger partial charge in [0.15, 0.2) is 10.8 Å². The van der Waals surface area contributed by atoms with Gasteiger partial charge in [0.2, 0.25) is 0 Å². The lowest BCUT2D eigenvalue weighted by Crippen LogP contribution is -2.18. The Morgan fingerprint density at radius 2 is 2.33 bits per heavy atom. The molecule has 0 aliphatic carbocycles. The molecular formula is C13H15ClN4O3. The van der Waals surface area contributed by atoms with E-state index in [0.717, 1.165) is 12.8 Å². The molecule has 2 aromatic heterocycles. The number of hydrogen-bond donors (Lipinski definition) is 0. The predicted octanol–water partition coefficient (Wildman–Crippen LogP) is 2.03. The summed E-state index contributed by atoms with van der Waals surface area (Å²) in [6.45, 7) is 3.44. The van der Waals surface area contributed by atoms with Crippen LogP contribution in [0.2, 0.25) is 5.15 Å². The first-order chi connectivity index (χ1) is 10.0. The smallest absolute Gasteiger partial charge is 0.302 e. The van der Waals surface area contributed by atoms with Gasteiger partial charge in [-0.1, -0.05) is 11.6 Å². The van der Waals surface area contributed by atoms with E-state index in [-0.39, 0.29) is 24.9 Å². The molecule has 112 valence electrons. The van der Waals surface area contributed by atoms with Gasteiger partial charge in [0, 0.05) is 6.92 Å². The van der Waals surface area contributed by atoms with Crippen LogP contribution in [0.1, 0.15) is 31.8 Å². The molecule has 1 aliphatic rings. The van der Waals surface area contributed by atoms with Crippen molar-refractivity contribution in [3.05, 3.63) is 17.3 Å². The summed E-state index contributed by atoms with van der Waals surface area (Å²) < 4.78 is 12.7. The topological polar surface area (TPSA) is 79.1 Å². The van der Waals surface area contributed by atoms with E-state index in [1.54, 1.807) is 13.3 Å². The molecule has 3 heterocycles. The lowest BCUT2D eigenvalue weighted by Gasteiger charge is -2.15. The third-order valence-corrected chi connectivity index (χ3v) is 3.62. The highest BCUT2D eigenvalue weighted by molar-refractivity contribution is 6.33. The maximum atomic E-state index is 10.8. The molecule has 0 spiro atoms. The van der Waals surface area contributed by atoms with Crippen LogP contribution in [-0.2, 0) is 14.3 Å². The number of fused-ring (bicyclic) bond motifs is 1. The SMILES string of the molecule is CC(=O)OCC1CCC(n2cnc3c(Cl)nc(C)nc32)O1. The molecule has 8 heteroatoms. The monoisotopic (exact) mass is 310 g/mol. The standard InChI is InChI=1S/C13H15ClN4O3/c1-7-16-12(14)11-13(17-7)18(6-15-11)10-4-3-9(21-10)5-20-8(2)19/h6,9-10H,3-5H2,1-2H3. The summed E-state index contributed by atoms with van der Waals surface area (Å²) in [7, 11) is 0. The van der Waals surface area contributed by atoms with E-state index in [4.69, 9.17) is 21.1 Å². The average Bonchev–Trinajstić information content (AvgIpc) is 3.02. The molecule has 2 unspecified atom stereocenters. The van der Waals surface area contributed by atoms with Crippen LogP contribution in [0.5, 0.6) is 0 Å². The highest BCUT2D eigenvalue weighted by atomic mass is 35.5. The zero-order valence-corrected chi connectivity index (χ0v) is 12.5. The van der Waals surface area contributed by atoms with Crippen molar-refractivity contribution in [2.75, 3.05) is 6.61 Å². The minimum absolute atomic E-state index is 0.102. The number of carbonyl (C=O) groups is 1. The van der Waals surface area contributed by atoms with Gasteiger partial charge in [-0.15, -0.1) is 0 Å². The van der Waals surface area contributed by atoms with Gasteiger partial charge >= 0.3 is 5.97 Å². The van der Waals surface area contributed by atoms with Crippen molar-refractivity contribution in [3.8, 4) is 0 Å². The number of aryl methyl sites for hydroxylation is 1. The molecule has 21 heavy (non-hydrogen) atoms. The summed E-state index contributed by atoms with van der Waals surface area (Å²) in [4.78, 5) is 23.5. The normalized spacial score (nSPS) is 21.9. The number of carbonyl (C=O) groups excluding carboxylic acids is 1. The van der Waals surface area contributed by atoms with Crippen LogP contribution in [0, 0.1) is 6.92 Å². The Morgan fingerprint density at radius 3 is 3.10 bits per heavy atom. The molecular weight excluding hydrogens is 296 g/mol. The summed E-state index contributed by atoms with van der Waals surface area (Å²) in [6, 6.07) is 0. The highest BCUT2D eigenvalue weighted by Gasteiger charge is 2.29. The van der Waals surface area contributed by atoms with Crippen molar-refractivity contribution in [3.63, 3.8) is 0 Å². The number of rotatable bonds is 3. The second kappa shape index (κ2) is 5.57. The quantitative estimate of drug-likeness (QED) is 0.637. The van der Waals surface area contributed by atoms with Gasteiger partial charge < -0.3 is 9.47 Å². The summed E-state index contributed by atoms with van der Waals surface area (Å²) >= 11 is 6.07. The van der Waals surface area contributed by atoms with Crippen molar-refractivity contribution < 1.29 is 14.3 Å². The van der Waals surface area contributed by atoms with E-state index in [1.165, 1.54) is 6.92 Å². The number of halogens is 1. The van der Waals surface area contributed by atoms with Crippen LogP contribution >= 0.6 is 11.6 Å². The number of esters is 1. The van der Waals surface area contributed by atoms with Crippen molar-refractivity contribution in [2.24, 2.45) is 0 Å². The maximum absolute atomic E-state index is 10.8. The number of aromatic nitrogens is 4. The molecule has 0 saturated carbocycles. The molecule has 1 fully saturated rings. The van der Waals surface area contributed by atoms with E-state index in [0.29, 0.717) is 22.1 Å². The first-order valence-corrected chi connectivity index (χ1v) is 7.08. The Bertz CT molecular complexity index is 687. The molecule has 2 aromatic rings. The third-order valence-electron chi connectivity index (χ3n) is 3.36. The molecule has 1 aliphatic heterocycles. The Kier molecular flexibility index (Phi) is 3.77. The Hall–Kier alpha value is -1.73. The maximum Gasteiger partial charge on any atom is 0.302 e. The van der Waals surface area contributed by atoms with Crippen molar-refractivity contribution in [2.45, 2.75) is 39.0 Å². The van der Waals surface area contributed by atoms with Crippen LogP contribution in [0.4, 0.5) is 0 Å². The summed E-state index contributed by atoms with van der Waals surface area (Å²) in [5, 5.41) is 0.339. The third kappa shape index (κ3) is 2.84. The van der Waals surface area contributed by atoms with Gasteiger partial charge in [0.25, 0.3) is 0 Å². The van der Waals surface area contributed by atoms with Gasteiger partial charge in [-0.2, -0.15) is 0 Å². The summed E-state index contributed by atoms with van der Waals surface area (Å²) in [5.41, 5.74) is 1.22. The van der Waals surface area contributed by atoms with E-state index < -0.39 is 0 Å². The average molecular weight is 311 g/mol. The molecule has 7 nitrogen and oxygen atoms in total. The lowest BCUT2D eigenvalue weighted by atomic mass is 10.2. The zero-order chi connectivity index (χ0) is 15.0. The van der Waals surface area contributed by atoms with Crippen LogP contribution < -0.4 is 0 Å². The van der Waals surface area contributed by atoms with Gasteiger partial charge in [-0.3, -0.25) is 9.36 Å². The second-order valence-electron chi connectivity index (χ2n) is 4.98. The van der Waals surface area contributed by atoms with Gasteiger partial charge in [0.1, 0.15) is 24.2 Å². The molecule has 0 bridgehead atoms. The van der Waals surface area contributed by atoms with Gasteiger partial charge in [-0.25, -0.2) is 15.0 Å². The molecule has 0 radical (unpaired) electrons. The van der Waals surface area contributed by atoms with Crippen LogP contribution in [-0.4, -0.2) is 38.2 Å². The Balaban J connectivity index is 1.81. The Labute approximate surface area is 126 Å². The van der Waals surface area contributed by atoms with E-state index in [9.17, 15) is 4.79 Å². The van der Waals surface area contributed by atoms with Crippen molar-refractivity contribution in [1.82, 2.24) is 19.5 Å². The number of hydrogen-bond acceptors (Lipinski definition) is 6. The van der Waals surface area contributed by atoms with Gasteiger partial charge in [0.05, 0.1) is 12.4 Å². The fourth-order valence-corrected chi connectivity index (χ4v) is 2.67. The minimum atomic E-state index is -0.301. The van der Waals surface area contributed by atoms with Crippen LogP contribution in [0.25, 0.3) is 11.2 Å². The number of imidazole rings is 1. The summed E-state index contributed by atoms with van der Waals surface area (Å²) in [5.74, 6) is 0.286. The molecule has 0 amide bonds.